The van der Waals surface area contributed by atoms with Gasteiger partial charge in [-0.2, -0.15) is 53.4 Å². The fourth-order valence-corrected chi connectivity index (χ4v) is 3.23. The molecule has 1 heteroatoms. The molecule has 0 radical (unpaired) electrons. The van der Waals surface area contributed by atoms with Gasteiger partial charge in [-0.05, 0) is 0 Å². The Morgan fingerprint density at radius 3 is 1.45 bits per heavy atom. The Morgan fingerprint density at radius 2 is 1.09 bits per heavy atom. The standard InChI is InChI=1S/2C9H11.C2H5.CH3.Zr/c2*1-2-5-9-7-3-6-8(9)4-1;1-2;;/h2*3,6-7H,1-2,4-5H2;1H2,2H3;1H3;/q4*-1;+4. The number of hydrogen-bond donors (Lipinski definition) is 0. The molecule has 2 aliphatic rings. The van der Waals surface area contributed by atoms with Crippen LogP contribution in [0.1, 0.15) is 54.9 Å². The molecule has 0 heterocycles. The summed E-state index contributed by atoms with van der Waals surface area (Å²) in [6.45, 7) is 5.00. The fourth-order valence-electron chi connectivity index (χ4n) is 3.23. The van der Waals surface area contributed by atoms with E-state index in [2.05, 4.69) is 43.3 Å². The van der Waals surface area contributed by atoms with Crippen molar-refractivity contribution in [3.63, 3.8) is 0 Å². The minimum atomic E-state index is 0. The molecule has 0 N–H and O–H groups in total. The van der Waals surface area contributed by atoms with Gasteiger partial charge in [0.25, 0.3) is 0 Å². The summed E-state index contributed by atoms with van der Waals surface area (Å²) in [6.07, 6.45) is 10.9. The van der Waals surface area contributed by atoms with Crippen LogP contribution < -0.4 is 0 Å². The first-order valence-electron chi connectivity index (χ1n) is 8.11. The quantitative estimate of drug-likeness (QED) is 0.508. The molecule has 2 aromatic carbocycles. The van der Waals surface area contributed by atoms with E-state index in [4.69, 9.17) is 0 Å². The number of hydrogen-bond acceptors (Lipinski definition) is 0. The van der Waals surface area contributed by atoms with Gasteiger partial charge >= 0.3 is 26.2 Å². The molecule has 118 valence electrons. The van der Waals surface area contributed by atoms with Crippen molar-refractivity contribution in [3.8, 4) is 0 Å². The van der Waals surface area contributed by atoms with Crippen molar-refractivity contribution in [2.24, 2.45) is 0 Å². The van der Waals surface area contributed by atoms with Crippen LogP contribution >= 0.6 is 0 Å². The first-order chi connectivity index (χ1) is 9.93. The van der Waals surface area contributed by atoms with E-state index in [1.807, 2.05) is 0 Å². The monoisotopic (exact) mass is 372 g/mol. The summed E-state index contributed by atoms with van der Waals surface area (Å²) in [5.74, 6) is 0. The first kappa shape index (κ1) is 21.6. The van der Waals surface area contributed by atoms with Crippen molar-refractivity contribution in [1.82, 2.24) is 0 Å². The molecule has 0 amide bonds. The largest absolute Gasteiger partial charge is 4.00 e. The van der Waals surface area contributed by atoms with Crippen LogP contribution in [0.4, 0.5) is 0 Å². The molecular weight excluding hydrogens is 343 g/mol. The maximum Gasteiger partial charge on any atom is 4.00 e. The molecule has 4 rings (SSSR count). The molecule has 2 aromatic rings. The van der Waals surface area contributed by atoms with Crippen LogP contribution in [0.3, 0.4) is 0 Å². The van der Waals surface area contributed by atoms with E-state index < -0.39 is 0 Å². The predicted molar refractivity (Wildman–Crippen MR) is 94.8 cm³/mol. The van der Waals surface area contributed by atoms with Gasteiger partial charge in [-0.15, -0.1) is 0 Å². The second-order valence-corrected chi connectivity index (χ2v) is 5.57. The van der Waals surface area contributed by atoms with Crippen LogP contribution in [-0.4, -0.2) is 0 Å². The van der Waals surface area contributed by atoms with Gasteiger partial charge in [0.05, 0.1) is 0 Å². The molecule has 0 spiro atoms. The van der Waals surface area contributed by atoms with Crippen molar-refractivity contribution >= 4 is 0 Å². The zero-order chi connectivity index (χ0) is 14.2. The summed E-state index contributed by atoms with van der Waals surface area (Å²) in [7, 11) is 0. The van der Waals surface area contributed by atoms with Gasteiger partial charge in [-0.3, -0.25) is 0 Å². The minimum absolute atomic E-state index is 0. The van der Waals surface area contributed by atoms with Crippen molar-refractivity contribution < 1.29 is 26.2 Å². The second kappa shape index (κ2) is 12.1. The second-order valence-electron chi connectivity index (χ2n) is 5.57. The van der Waals surface area contributed by atoms with E-state index in [1.165, 1.54) is 51.4 Å². The number of aryl methyl sites for hydroxylation is 4. The van der Waals surface area contributed by atoms with Crippen LogP contribution in [-0.2, 0) is 51.9 Å². The molecule has 0 bridgehead atoms. The molecule has 0 saturated heterocycles. The average molecular weight is 374 g/mol. The number of fused-ring (bicyclic) bond motifs is 2. The molecule has 2 aliphatic carbocycles. The van der Waals surface area contributed by atoms with Gasteiger partial charge in [-0.25, -0.2) is 12.1 Å². The van der Waals surface area contributed by atoms with Crippen molar-refractivity contribution in [3.05, 3.63) is 73.0 Å². The molecule has 0 atom stereocenters. The van der Waals surface area contributed by atoms with Gasteiger partial charge in [0.2, 0.25) is 0 Å². The zero-order valence-corrected chi connectivity index (χ0v) is 16.8. The first-order valence-corrected chi connectivity index (χ1v) is 8.11. The third kappa shape index (κ3) is 6.00. The Bertz CT molecular complexity index is 402. The summed E-state index contributed by atoms with van der Waals surface area (Å²) >= 11 is 0. The summed E-state index contributed by atoms with van der Waals surface area (Å²) in [6, 6.07) is 13.4. The van der Waals surface area contributed by atoms with Gasteiger partial charge in [0, 0.05) is 0 Å². The Balaban J connectivity index is 0.000000334. The Labute approximate surface area is 157 Å². The normalized spacial score (nSPS) is 14.5. The van der Waals surface area contributed by atoms with E-state index in [0.717, 1.165) is 0 Å². The Kier molecular flexibility index (Phi) is 11.8. The molecule has 0 unspecified atom stereocenters. The van der Waals surface area contributed by atoms with Crippen LogP contribution in [0, 0.1) is 14.4 Å². The van der Waals surface area contributed by atoms with Crippen LogP contribution in [0.2, 0.25) is 0 Å². The van der Waals surface area contributed by atoms with Crippen molar-refractivity contribution in [1.29, 1.82) is 0 Å². The van der Waals surface area contributed by atoms with Gasteiger partial charge in [0.1, 0.15) is 0 Å². The van der Waals surface area contributed by atoms with E-state index in [-0.39, 0.29) is 33.6 Å². The molecule has 0 aliphatic heterocycles. The summed E-state index contributed by atoms with van der Waals surface area (Å²) < 4.78 is 0. The molecule has 22 heavy (non-hydrogen) atoms. The fraction of sp³-hybridized carbons (Fsp3) is 0.429. The van der Waals surface area contributed by atoms with Crippen molar-refractivity contribution in [2.45, 2.75) is 58.3 Å². The topological polar surface area (TPSA) is 0 Å². The average Bonchev–Trinajstić information content (AvgIpc) is 3.18. The maximum atomic E-state index is 3.25. The van der Waals surface area contributed by atoms with Crippen LogP contribution in [0.5, 0.6) is 0 Å². The van der Waals surface area contributed by atoms with Gasteiger partial charge in [-0.1, -0.05) is 51.4 Å². The van der Waals surface area contributed by atoms with E-state index in [0.29, 0.717) is 0 Å². The molecular formula is C21H30Zr. The van der Waals surface area contributed by atoms with E-state index in [9.17, 15) is 0 Å². The Morgan fingerprint density at radius 1 is 0.727 bits per heavy atom. The molecule has 0 nitrogen and oxygen atoms in total. The summed E-state index contributed by atoms with van der Waals surface area (Å²) in [5, 5.41) is 0. The smallest absolute Gasteiger partial charge is 0.358 e. The summed E-state index contributed by atoms with van der Waals surface area (Å²) in [5.41, 5.74) is 6.39. The third-order valence-electron chi connectivity index (χ3n) is 4.30. The Hall–Kier alpha value is -0.417. The van der Waals surface area contributed by atoms with Gasteiger partial charge < -0.3 is 14.4 Å². The third-order valence-corrected chi connectivity index (χ3v) is 4.30. The van der Waals surface area contributed by atoms with E-state index in [1.54, 1.807) is 29.2 Å². The van der Waals surface area contributed by atoms with E-state index >= 15 is 0 Å². The van der Waals surface area contributed by atoms with Crippen molar-refractivity contribution in [2.75, 3.05) is 0 Å². The molecule has 0 aromatic heterocycles. The zero-order valence-electron chi connectivity index (χ0n) is 14.3. The van der Waals surface area contributed by atoms with Crippen LogP contribution in [0.25, 0.3) is 0 Å². The maximum absolute atomic E-state index is 3.25. The number of rotatable bonds is 0. The predicted octanol–water partition coefficient (Wildman–Crippen LogP) is 5.86. The molecule has 0 saturated carbocycles. The molecule has 0 fully saturated rings. The minimum Gasteiger partial charge on any atom is -0.358 e. The van der Waals surface area contributed by atoms with Crippen LogP contribution in [0.15, 0.2) is 36.4 Å². The van der Waals surface area contributed by atoms with Gasteiger partial charge in [0.15, 0.2) is 0 Å². The summed E-state index contributed by atoms with van der Waals surface area (Å²) in [4.78, 5) is 0. The SMILES string of the molecule is [CH2-]C.[CH3-].[Zr+4].c1cc2c([cH-]1)CCCC2.c1cc2c([cH-]1)CCCC2.